The van der Waals surface area contributed by atoms with Gasteiger partial charge in [0.1, 0.15) is 5.60 Å². The molecule has 1 saturated heterocycles. The van der Waals surface area contributed by atoms with Gasteiger partial charge in [0.25, 0.3) is 0 Å². The van der Waals surface area contributed by atoms with Crippen LogP contribution in [0.5, 0.6) is 0 Å². The first-order valence-electron chi connectivity index (χ1n) is 12.2. The number of amides is 1. The topological polar surface area (TPSA) is 62.7 Å². The van der Waals surface area contributed by atoms with Gasteiger partial charge in [0.2, 0.25) is 0 Å². The van der Waals surface area contributed by atoms with Crippen LogP contribution in [0, 0.1) is 11.8 Å². The molecule has 0 saturated carbocycles. The van der Waals surface area contributed by atoms with E-state index in [1.165, 1.54) is 11.1 Å². The molecule has 1 aromatic rings. The van der Waals surface area contributed by atoms with E-state index in [1.807, 2.05) is 55.8 Å². The van der Waals surface area contributed by atoms with Gasteiger partial charge in [-0.15, -0.1) is 11.8 Å². The average Bonchev–Trinajstić information content (AvgIpc) is 2.92. The predicted octanol–water partition coefficient (Wildman–Crippen LogP) is 6.35. The summed E-state index contributed by atoms with van der Waals surface area (Å²) in [6.07, 6.45) is 13.8. The number of piperidine rings is 1. The number of carbonyl (C=O) groups is 1. The predicted molar refractivity (Wildman–Crippen MR) is 140 cm³/mol. The Hall–Kier alpha value is -1.76. The minimum atomic E-state index is -0.476. The summed E-state index contributed by atoms with van der Waals surface area (Å²) in [6.45, 7) is 7.31. The van der Waals surface area contributed by atoms with Crippen LogP contribution in [0.2, 0.25) is 0 Å². The molecule has 5 nitrogen and oxygen atoms in total. The Bertz CT molecular complexity index is 976. The SMILES string of the molecule is CC(C)(C)OC(=O)N1CCC(SC2c3ncccc3C(CCCO)=CC3C=C(Cl)C=CC32)CC1. The molecular formula is C27H35ClN2O3S. The van der Waals surface area contributed by atoms with Gasteiger partial charge in [-0.3, -0.25) is 4.98 Å². The molecule has 3 unspecified atom stereocenters. The van der Waals surface area contributed by atoms with Gasteiger partial charge in [-0.05, 0) is 64.2 Å². The van der Waals surface area contributed by atoms with E-state index in [4.69, 9.17) is 21.3 Å². The maximum Gasteiger partial charge on any atom is 0.410 e. The number of halogens is 1. The number of carbonyl (C=O) groups excluding carboxylic acids is 1. The van der Waals surface area contributed by atoms with Crippen LogP contribution in [0.3, 0.4) is 0 Å². The Morgan fingerprint density at radius 1 is 1.29 bits per heavy atom. The summed E-state index contributed by atoms with van der Waals surface area (Å²) >= 11 is 8.41. The monoisotopic (exact) mass is 502 g/mol. The molecule has 0 bridgehead atoms. The van der Waals surface area contributed by atoms with E-state index < -0.39 is 5.60 Å². The number of thioether (sulfide) groups is 1. The van der Waals surface area contributed by atoms with Crippen LogP contribution >= 0.6 is 23.4 Å². The summed E-state index contributed by atoms with van der Waals surface area (Å²) in [5.41, 5.74) is 3.07. The fourth-order valence-electron chi connectivity index (χ4n) is 4.91. The van der Waals surface area contributed by atoms with Gasteiger partial charge in [-0.25, -0.2) is 4.79 Å². The van der Waals surface area contributed by atoms with Crippen LogP contribution < -0.4 is 0 Å². The zero-order chi connectivity index (χ0) is 24.3. The summed E-state index contributed by atoms with van der Waals surface area (Å²) in [5.74, 6) is 0.455. The van der Waals surface area contributed by atoms with Crippen LogP contribution in [-0.4, -0.2) is 51.6 Å². The second kappa shape index (κ2) is 10.9. The van der Waals surface area contributed by atoms with Gasteiger partial charge in [-0.2, -0.15) is 0 Å². The molecule has 1 aliphatic heterocycles. The highest BCUT2D eigenvalue weighted by Crippen LogP contribution is 2.50. The van der Waals surface area contributed by atoms with Crippen molar-refractivity contribution in [3.05, 3.63) is 58.9 Å². The van der Waals surface area contributed by atoms with E-state index in [-0.39, 0.29) is 29.8 Å². The second-order valence-electron chi connectivity index (χ2n) is 10.2. The first kappa shape index (κ1) is 25.3. The van der Waals surface area contributed by atoms with E-state index >= 15 is 0 Å². The molecule has 34 heavy (non-hydrogen) atoms. The number of ether oxygens (including phenoxy) is 1. The lowest BCUT2D eigenvalue weighted by Crippen LogP contribution is -2.42. The lowest BCUT2D eigenvalue weighted by atomic mass is 9.85. The highest BCUT2D eigenvalue weighted by molar-refractivity contribution is 8.00. The van der Waals surface area contributed by atoms with Crippen LogP contribution in [0.25, 0.3) is 5.57 Å². The lowest BCUT2D eigenvalue weighted by molar-refractivity contribution is 0.0219. The highest BCUT2D eigenvalue weighted by Gasteiger charge is 2.37. The van der Waals surface area contributed by atoms with Crippen LogP contribution in [-0.2, 0) is 4.74 Å². The van der Waals surface area contributed by atoms with Gasteiger partial charge in [0.15, 0.2) is 0 Å². The molecule has 2 heterocycles. The third-order valence-electron chi connectivity index (χ3n) is 6.51. The summed E-state index contributed by atoms with van der Waals surface area (Å²) in [7, 11) is 0. The van der Waals surface area contributed by atoms with E-state index in [0.29, 0.717) is 18.3 Å². The first-order valence-corrected chi connectivity index (χ1v) is 13.5. The first-order chi connectivity index (χ1) is 16.2. The number of nitrogens with zero attached hydrogens (tertiary/aromatic N) is 2. The summed E-state index contributed by atoms with van der Waals surface area (Å²) in [5, 5.41) is 10.9. The van der Waals surface area contributed by atoms with Crippen molar-refractivity contribution in [1.29, 1.82) is 0 Å². The Labute approximate surface area is 212 Å². The maximum atomic E-state index is 12.5. The van der Waals surface area contributed by atoms with Crippen molar-refractivity contribution < 1.29 is 14.6 Å². The van der Waals surface area contributed by atoms with Gasteiger partial charge in [0, 0.05) is 53.6 Å². The van der Waals surface area contributed by atoms with Crippen molar-refractivity contribution in [2.45, 2.75) is 62.6 Å². The summed E-state index contributed by atoms with van der Waals surface area (Å²) < 4.78 is 5.57. The molecule has 1 fully saturated rings. The van der Waals surface area contributed by atoms with E-state index in [1.54, 1.807) is 0 Å². The number of likely N-dealkylation sites (tertiary alicyclic amines) is 1. The Balaban J connectivity index is 1.54. The van der Waals surface area contributed by atoms with Crippen molar-refractivity contribution in [1.82, 2.24) is 9.88 Å². The summed E-state index contributed by atoms with van der Waals surface area (Å²) in [4.78, 5) is 19.2. The molecule has 7 heteroatoms. The molecule has 3 aliphatic rings. The molecule has 1 aromatic heterocycles. The summed E-state index contributed by atoms with van der Waals surface area (Å²) in [6, 6.07) is 4.16. The second-order valence-corrected chi connectivity index (χ2v) is 12.1. The molecule has 3 atom stereocenters. The average molecular weight is 503 g/mol. The number of fused-ring (bicyclic) bond motifs is 2. The number of aliphatic hydroxyl groups is 1. The van der Waals surface area contributed by atoms with Gasteiger partial charge in [0.05, 0.1) is 10.9 Å². The largest absolute Gasteiger partial charge is 0.444 e. The smallest absolute Gasteiger partial charge is 0.410 e. The number of aromatic nitrogens is 1. The maximum absolute atomic E-state index is 12.5. The van der Waals surface area contributed by atoms with Crippen molar-refractivity contribution >= 4 is 35.0 Å². The van der Waals surface area contributed by atoms with Crippen LogP contribution in [0.4, 0.5) is 4.79 Å². The molecule has 1 amide bonds. The number of allylic oxidation sites excluding steroid dienone is 6. The third-order valence-corrected chi connectivity index (χ3v) is 8.45. The number of hydrogen-bond acceptors (Lipinski definition) is 5. The van der Waals surface area contributed by atoms with Crippen molar-refractivity contribution in [2.75, 3.05) is 19.7 Å². The Morgan fingerprint density at radius 2 is 2.06 bits per heavy atom. The van der Waals surface area contributed by atoms with E-state index in [9.17, 15) is 9.90 Å². The van der Waals surface area contributed by atoms with Gasteiger partial charge < -0.3 is 14.7 Å². The fraction of sp³-hybridized carbons (Fsp3) is 0.556. The lowest BCUT2D eigenvalue weighted by Gasteiger charge is -2.36. The van der Waals surface area contributed by atoms with E-state index in [2.05, 4.69) is 24.3 Å². The molecule has 184 valence electrons. The molecule has 0 aromatic carbocycles. The van der Waals surface area contributed by atoms with Gasteiger partial charge >= 0.3 is 6.09 Å². The number of pyridine rings is 1. The molecular weight excluding hydrogens is 468 g/mol. The third kappa shape index (κ3) is 6.07. The normalized spacial score (nSPS) is 25.1. The quantitative estimate of drug-likeness (QED) is 0.508. The van der Waals surface area contributed by atoms with Crippen molar-refractivity contribution in [3.8, 4) is 0 Å². The fourth-order valence-corrected chi connectivity index (χ4v) is 6.80. The Kier molecular flexibility index (Phi) is 8.11. The van der Waals surface area contributed by atoms with E-state index in [0.717, 1.165) is 36.4 Å². The minimum absolute atomic E-state index is 0.173. The molecule has 2 aliphatic carbocycles. The standard InChI is InChI=1S/C27H35ClN2O3S/c1-27(2,3)33-26(32)30-13-10-21(11-14-30)34-25-23-9-8-20(28)17-19(23)16-18(6-5-15-31)22-7-4-12-29-24(22)25/h4,7-9,12,16-17,19,21,23,25,31H,5-6,10-11,13-15H2,1-3H3. The van der Waals surface area contributed by atoms with Crippen molar-refractivity contribution in [3.63, 3.8) is 0 Å². The highest BCUT2D eigenvalue weighted by atomic mass is 35.5. The number of rotatable bonds is 5. The van der Waals surface area contributed by atoms with Gasteiger partial charge in [-0.1, -0.05) is 35.9 Å². The molecule has 0 radical (unpaired) electrons. The molecule has 0 spiro atoms. The number of aliphatic hydroxyl groups excluding tert-OH is 1. The Morgan fingerprint density at radius 3 is 2.76 bits per heavy atom. The minimum Gasteiger partial charge on any atom is -0.444 e. The molecule has 1 N–H and O–H groups in total. The van der Waals surface area contributed by atoms with Crippen LogP contribution in [0.1, 0.15) is 63.0 Å². The van der Waals surface area contributed by atoms with Crippen LogP contribution in [0.15, 0.2) is 47.7 Å². The van der Waals surface area contributed by atoms with Crippen molar-refractivity contribution in [2.24, 2.45) is 11.8 Å². The number of hydrogen-bond donors (Lipinski definition) is 1. The zero-order valence-corrected chi connectivity index (χ0v) is 21.8. The zero-order valence-electron chi connectivity index (χ0n) is 20.2. The molecule has 4 rings (SSSR count).